The van der Waals surface area contributed by atoms with Gasteiger partial charge in [-0.2, -0.15) is 0 Å². The summed E-state index contributed by atoms with van der Waals surface area (Å²) in [5, 5.41) is 3.45. The zero-order valence-corrected chi connectivity index (χ0v) is 17.4. The van der Waals surface area contributed by atoms with Gasteiger partial charge in [0.1, 0.15) is 0 Å². The summed E-state index contributed by atoms with van der Waals surface area (Å²) in [5.74, 6) is 0.220. The van der Waals surface area contributed by atoms with Crippen molar-refractivity contribution in [2.24, 2.45) is 0 Å². The summed E-state index contributed by atoms with van der Waals surface area (Å²) < 4.78 is 15.9. The van der Waals surface area contributed by atoms with Crippen LogP contribution in [0.1, 0.15) is 28.5 Å². The van der Waals surface area contributed by atoms with E-state index in [1.54, 1.807) is 38.5 Å². The van der Waals surface area contributed by atoms with Crippen LogP contribution in [0.4, 0.5) is 0 Å². The van der Waals surface area contributed by atoms with Crippen LogP contribution in [0.25, 0.3) is 10.9 Å². The van der Waals surface area contributed by atoms with E-state index in [4.69, 9.17) is 14.2 Å². The Bertz CT molecular complexity index is 1080. The lowest BCUT2D eigenvalue weighted by atomic mass is 10.1. The van der Waals surface area contributed by atoms with E-state index in [1.165, 1.54) is 6.92 Å². The molecule has 1 heterocycles. The number of carbonyl (C=O) groups excluding carboxylic acids is 2. The van der Waals surface area contributed by atoms with Crippen LogP contribution < -0.4 is 14.8 Å². The average molecular weight is 408 g/mol. The summed E-state index contributed by atoms with van der Waals surface area (Å²) in [5.41, 5.74) is 2.62. The Balaban J connectivity index is 1.65. The van der Waals surface area contributed by atoms with Crippen LogP contribution >= 0.6 is 0 Å². The minimum absolute atomic E-state index is 0.262. The van der Waals surface area contributed by atoms with Gasteiger partial charge in [0.2, 0.25) is 0 Å². The number of hydrogen-bond donors (Lipinski definition) is 1. The van der Waals surface area contributed by atoms with Gasteiger partial charge in [0.05, 0.1) is 25.3 Å². The van der Waals surface area contributed by atoms with Crippen molar-refractivity contribution in [3.8, 4) is 11.5 Å². The van der Waals surface area contributed by atoms with Crippen molar-refractivity contribution in [3.05, 3.63) is 65.4 Å². The Morgan fingerprint density at radius 1 is 1.03 bits per heavy atom. The number of benzene rings is 2. The minimum Gasteiger partial charge on any atom is -0.493 e. The number of nitrogens with one attached hydrogen (secondary N) is 1. The highest BCUT2D eigenvalue weighted by Crippen LogP contribution is 2.27. The number of para-hydroxylation sites is 1. The normalized spacial score (nSPS) is 11.6. The monoisotopic (exact) mass is 408 g/mol. The molecule has 1 N–H and O–H groups in total. The molecule has 0 aliphatic heterocycles. The molecule has 2 aromatic carbocycles. The average Bonchev–Trinajstić information content (AvgIpc) is 2.76. The summed E-state index contributed by atoms with van der Waals surface area (Å²) in [6.07, 6.45) is -0.954. The topological polar surface area (TPSA) is 86.8 Å². The molecule has 0 fully saturated rings. The van der Waals surface area contributed by atoms with E-state index in [0.717, 1.165) is 5.56 Å². The van der Waals surface area contributed by atoms with E-state index in [1.807, 2.05) is 31.2 Å². The molecular weight excluding hydrogens is 384 g/mol. The number of hydrogen-bond acceptors (Lipinski definition) is 6. The van der Waals surface area contributed by atoms with Crippen LogP contribution in [-0.4, -0.2) is 37.2 Å². The minimum atomic E-state index is -0.954. The number of ether oxygens (including phenoxy) is 3. The SMILES string of the molecule is COc1ccc(CNC(=O)[C@@H](C)OC(=O)c2cc(C)nc3ccccc23)cc1OC. The number of methoxy groups -OCH3 is 2. The first-order valence-corrected chi connectivity index (χ1v) is 9.49. The lowest BCUT2D eigenvalue weighted by molar-refractivity contribution is -0.129. The molecular formula is C23H24N2O5. The fourth-order valence-corrected chi connectivity index (χ4v) is 3.08. The van der Waals surface area contributed by atoms with Crippen molar-refractivity contribution in [2.75, 3.05) is 14.2 Å². The molecule has 30 heavy (non-hydrogen) atoms. The predicted octanol–water partition coefficient (Wildman–Crippen LogP) is 3.42. The van der Waals surface area contributed by atoms with E-state index in [2.05, 4.69) is 10.3 Å². The smallest absolute Gasteiger partial charge is 0.339 e. The number of amides is 1. The Hall–Kier alpha value is -3.61. The Morgan fingerprint density at radius 3 is 2.50 bits per heavy atom. The second kappa shape index (κ2) is 9.26. The first-order chi connectivity index (χ1) is 14.4. The van der Waals surface area contributed by atoms with Gasteiger partial charge >= 0.3 is 5.97 Å². The third-order valence-corrected chi connectivity index (χ3v) is 4.63. The highest BCUT2D eigenvalue weighted by atomic mass is 16.5. The third kappa shape index (κ3) is 4.68. The molecule has 7 heteroatoms. The van der Waals surface area contributed by atoms with Gasteiger partial charge in [0.15, 0.2) is 17.6 Å². The van der Waals surface area contributed by atoms with Crippen LogP contribution in [0, 0.1) is 6.92 Å². The lowest BCUT2D eigenvalue weighted by Crippen LogP contribution is -2.35. The molecule has 0 bridgehead atoms. The standard InChI is InChI=1S/C23H24N2O5/c1-14-11-18(17-7-5-6-8-19(17)25-14)23(27)30-15(2)22(26)24-13-16-9-10-20(28-3)21(12-16)29-4/h5-12,15H,13H2,1-4H3,(H,24,26)/t15-/m1/s1. The number of rotatable bonds is 7. The molecule has 0 spiro atoms. The van der Waals surface area contributed by atoms with Crippen molar-refractivity contribution in [1.82, 2.24) is 10.3 Å². The van der Waals surface area contributed by atoms with Crippen LogP contribution in [0.2, 0.25) is 0 Å². The summed E-state index contributed by atoms with van der Waals surface area (Å²) in [6, 6.07) is 14.4. The van der Waals surface area contributed by atoms with Gasteiger partial charge < -0.3 is 19.5 Å². The maximum atomic E-state index is 12.7. The maximum Gasteiger partial charge on any atom is 0.339 e. The quantitative estimate of drug-likeness (QED) is 0.603. The number of aromatic nitrogens is 1. The first-order valence-electron chi connectivity index (χ1n) is 9.49. The molecule has 156 valence electrons. The van der Waals surface area contributed by atoms with E-state index in [9.17, 15) is 9.59 Å². The van der Waals surface area contributed by atoms with Crippen molar-refractivity contribution in [1.29, 1.82) is 0 Å². The van der Waals surface area contributed by atoms with Gasteiger partial charge in [-0.25, -0.2) is 4.79 Å². The molecule has 0 radical (unpaired) electrons. The molecule has 1 aromatic heterocycles. The van der Waals surface area contributed by atoms with E-state index >= 15 is 0 Å². The Morgan fingerprint density at radius 2 is 1.77 bits per heavy atom. The highest BCUT2D eigenvalue weighted by molar-refractivity contribution is 6.04. The number of esters is 1. The van der Waals surface area contributed by atoms with Crippen LogP contribution in [0.15, 0.2) is 48.5 Å². The fourth-order valence-electron chi connectivity index (χ4n) is 3.08. The number of fused-ring (bicyclic) bond motifs is 1. The summed E-state index contributed by atoms with van der Waals surface area (Å²) in [7, 11) is 3.11. The lowest BCUT2D eigenvalue weighted by Gasteiger charge is -2.15. The van der Waals surface area contributed by atoms with Gasteiger partial charge in [-0.1, -0.05) is 24.3 Å². The first kappa shape index (κ1) is 21.1. The van der Waals surface area contributed by atoms with Crippen LogP contribution in [0.3, 0.4) is 0 Å². The molecule has 7 nitrogen and oxygen atoms in total. The second-order valence-electron chi connectivity index (χ2n) is 6.78. The van der Waals surface area contributed by atoms with Crippen LogP contribution in [-0.2, 0) is 16.1 Å². The summed E-state index contributed by atoms with van der Waals surface area (Å²) >= 11 is 0. The molecule has 3 aromatic rings. The van der Waals surface area contributed by atoms with Crippen molar-refractivity contribution >= 4 is 22.8 Å². The highest BCUT2D eigenvalue weighted by Gasteiger charge is 2.21. The van der Waals surface area contributed by atoms with Crippen molar-refractivity contribution < 1.29 is 23.8 Å². The molecule has 3 rings (SSSR count). The number of aryl methyl sites for hydroxylation is 1. The van der Waals surface area contributed by atoms with Crippen molar-refractivity contribution in [3.63, 3.8) is 0 Å². The Kier molecular flexibility index (Phi) is 6.51. The summed E-state index contributed by atoms with van der Waals surface area (Å²) in [6.45, 7) is 3.61. The molecule has 1 atom stereocenters. The summed E-state index contributed by atoms with van der Waals surface area (Å²) in [4.78, 5) is 29.5. The third-order valence-electron chi connectivity index (χ3n) is 4.63. The number of nitrogens with zero attached hydrogens (tertiary/aromatic N) is 1. The van der Waals surface area contributed by atoms with Gasteiger partial charge in [-0.05, 0) is 43.7 Å². The predicted molar refractivity (Wildman–Crippen MR) is 113 cm³/mol. The Labute approximate surface area is 175 Å². The van der Waals surface area contributed by atoms with Gasteiger partial charge in [-0.15, -0.1) is 0 Å². The van der Waals surface area contributed by atoms with Crippen LogP contribution in [0.5, 0.6) is 11.5 Å². The van der Waals surface area contributed by atoms with E-state index < -0.39 is 18.0 Å². The molecule has 0 aliphatic rings. The van der Waals surface area contributed by atoms with E-state index in [-0.39, 0.29) is 6.54 Å². The number of pyridine rings is 1. The molecule has 0 aliphatic carbocycles. The van der Waals surface area contributed by atoms with Gasteiger partial charge in [0, 0.05) is 17.6 Å². The fraction of sp³-hybridized carbons (Fsp3) is 0.261. The zero-order chi connectivity index (χ0) is 21.7. The van der Waals surface area contributed by atoms with Gasteiger partial charge in [-0.3, -0.25) is 9.78 Å². The molecule has 0 saturated carbocycles. The largest absolute Gasteiger partial charge is 0.493 e. The molecule has 0 saturated heterocycles. The molecule has 0 unspecified atom stereocenters. The second-order valence-corrected chi connectivity index (χ2v) is 6.78. The molecule has 1 amide bonds. The number of carbonyl (C=O) groups is 2. The maximum absolute atomic E-state index is 12.7. The van der Waals surface area contributed by atoms with Crippen molar-refractivity contribution in [2.45, 2.75) is 26.5 Å². The van der Waals surface area contributed by atoms with Gasteiger partial charge in [0.25, 0.3) is 5.91 Å². The van der Waals surface area contributed by atoms with E-state index in [0.29, 0.717) is 33.7 Å². The zero-order valence-electron chi connectivity index (χ0n) is 17.4.